The minimum Gasteiger partial charge on any atom is -0.300 e. The standard InChI is InChI=1S/C11H20O2/c1-3-5-6-7-11(13)9-8-10(12)4-2/h3-9H2,1-2H3. The largest absolute Gasteiger partial charge is 0.300 e. The molecule has 2 nitrogen and oxygen atoms in total. The van der Waals surface area contributed by atoms with Crippen LogP contribution in [0.25, 0.3) is 0 Å². The molecule has 0 aliphatic heterocycles. The molecule has 0 fully saturated rings. The fraction of sp³-hybridized carbons (Fsp3) is 0.818. The quantitative estimate of drug-likeness (QED) is 0.543. The van der Waals surface area contributed by atoms with Crippen LogP contribution in [-0.4, -0.2) is 11.6 Å². The molecule has 0 heterocycles. The van der Waals surface area contributed by atoms with Crippen LogP contribution in [-0.2, 0) is 9.59 Å². The second-order valence-corrected chi connectivity index (χ2v) is 3.39. The van der Waals surface area contributed by atoms with E-state index in [1.165, 1.54) is 0 Å². The lowest BCUT2D eigenvalue weighted by Crippen LogP contribution is -2.02. The number of hydrogen-bond acceptors (Lipinski definition) is 2. The first-order valence-electron chi connectivity index (χ1n) is 5.24. The van der Waals surface area contributed by atoms with Crippen LogP contribution in [0, 0.1) is 0 Å². The minimum atomic E-state index is 0.198. The second kappa shape index (κ2) is 7.96. The molecule has 0 spiro atoms. The molecular formula is C11H20O2. The first-order valence-corrected chi connectivity index (χ1v) is 5.24. The van der Waals surface area contributed by atoms with Crippen LogP contribution < -0.4 is 0 Å². The van der Waals surface area contributed by atoms with Gasteiger partial charge in [0, 0.05) is 25.7 Å². The summed E-state index contributed by atoms with van der Waals surface area (Å²) in [7, 11) is 0. The fourth-order valence-corrected chi connectivity index (χ4v) is 1.15. The van der Waals surface area contributed by atoms with E-state index in [9.17, 15) is 9.59 Å². The van der Waals surface area contributed by atoms with Crippen molar-refractivity contribution in [1.29, 1.82) is 0 Å². The van der Waals surface area contributed by atoms with E-state index in [1.54, 1.807) is 0 Å². The van der Waals surface area contributed by atoms with Crippen LogP contribution in [0.15, 0.2) is 0 Å². The minimum absolute atomic E-state index is 0.198. The van der Waals surface area contributed by atoms with Gasteiger partial charge in [0.25, 0.3) is 0 Å². The van der Waals surface area contributed by atoms with Crippen LogP contribution in [0.3, 0.4) is 0 Å². The van der Waals surface area contributed by atoms with Gasteiger partial charge in [-0.1, -0.05) is 26.7 Å². The third-order valence-electron chi connectivity index (χ3n) is 2.14. The van der Waals surface area contributed by atoms with Crippen LogP contribution in [0.5, 0.6) is 0 Å². The zero-order chi connectivity index (χ0) is 10.1. The third kappa shape index (κ3) is 7.69. The van der Waals surface area contributed by atoms with Crippen molar-refractivity contribution in [3.8, 4) is 0 Å². The van der Waals surface area contributed by atoms with E-state index in [1.807, 2.05) is 6.92 Å². The maximum Gasteiger partial charge on any atom is 0.133 e. The normalized spacial score (nSPS) is 10.0. The summed E-state index contributed by atoms with van der Waals surface area (Å²) in [4.78, 5) is 22.1. The van der Waals surface area contributed by atoms with Crippen molar-refractivity contribution < 1.29 is 9.59 Å². The van der Waals surface area contributed by atoms with Gasteiger partial charge in [-0.3, -0.25) is 9.59 Å². The third-order valence-corrected chi connectivity index (χ3v) is 2.14. The van der Waals surface area contributed by atoms with Crippen molar-refractivity contribution in [2.24, 2.45) is 0 Å². The molecule has 0 bridgehead atoms. The Morgan fingerprint density at radius 2 is 1.46 bits per heavy atom. The van der Waals surface area contributed by atoms with Crippen LogP contribution in [0.4, 0.5) is 0 Å². The Hall–Kier alpha value is -0.660. The van der Waals surface area contributed by atoms with E-state index < -0.39 is 0 Å². The number of hydrogen-bond donors (Lipinski definition) is 0. The van der Waals surface area contributed by atoms with Crippen LogP contribution >= 0.6 is 0 Å². The van der Waals surface area contributed by atoms with Crippen molar-refractivity contribution in [1.82, 2.24) is 0 Å². The summed E-state index contributed by atoms with van der Waals surface area (Å²) >= 11 is 0. The molecule has 0 saturated heterocycles. The molecule has 0 amide bonds. The Labute approximate surface area is 80.7 Å². The van der Waals surface area contributed by atoms with Crippen LogP contribution in [0.2, 0.25) is 0 Å². The van der Waals surface area contributed by atoms with Gasteiger partial charge in [-0.15, -0.1) is 0 Å². The van der Waals surface area contributed by atoms with Crippen molar-refractivity contribution in [3.63, 3.8) is 0 Å². The summed E-state index contributed by atoms with van der Waals surface area (Å²) in [5.41, 5.74) is 0. The van der Waals surface area contributed by atoms with E-state index >= 15 is 0 Å². The van der Waals surface area contributed by atoms with E-state index in [-0.39, 0.29) is 11.6 Å². The van der Waals surface area contributed by atoms with Gasteiger partial charge in [-0.05, 0) is 6.42 Å². The smallest absolute Gasteiger partial charge is 0.133 e. The van der Waals surface area contributed by atoms with Gasteiger partial charge in [0.15, 0.2) is 0 Å². The highest BCUT2D eigenvalue weighted by atomic mass is 16.1. The zero-order valence-electron chi connectivity index (χ0n) is 8.77. The number of carbonyl (C=O) groups is 2. The van der Waals surface area contributed by atoms with Crippen LogP contribution in [0.1, 0.15) is 58.8 Å². The average Bonchev–Trinajstić information content (AvgIpc) is 2.14. The van der Waals surface area contributed by atoms with Gasteiger partial charge in [0.1, 0.15) is 11.6 Å². The average molecular weight is 184 g/mol. The van der Waals surface area contributed by atoms with Gasteiger partial charge in [0.2, 0.25) is 0 Å². The summed E-state index contributed by atoms with van der Waals surface area (Å²) in [6, 6.07) is 0. The predicted molar refractivity (Wildman–Crippen MR) is 53.7 cm³/mol. The van der Waals surface area contributed by atoms with Crippen molar-refractivity contribution in [2.45, 2.75) is 58.8 Å². The van der Waals surface area contributed by atoms with Crippen molar-refractivity contribution >= 4 is 11.6 Å². The molecule has 0 atom stereocenters. The van der Waals surface area contributed by atoms with Gasteiger partial charge >= 0.3 is 0 Å². The van der Waals surface area contributed by atoms with E-state index in [0.717, 1.165) is 19.3 Å². The highest BCUT2D eigenvalue weighted by molar-refractivity contribution is 5.85. The fourth-order valence-electron chi connectivity index (χ4n) is 1.15. The lowest BCUT2D eigenvalue weighted by molar-refractivity contribution is -0.124. The van der Waals surface area contributed by atoms with Gasteiger partial charge in [-0.2, -0.15) is 0 Å². The molecule has 0 aromatic rings. The molecule has 0 aromatic carbocycles. The van der Waals surface area contributed by atoms with E-state index in [2.05, 4.69) is 6.92 Å². The molecule has 2 heteroatoms. The number of unbranched alkanes of at least 4 members (excludes halogenated alkanes) is 2. The number of Topliss-reactive ketones (excluding diaryl/α,β-unsaturated/α-hetero) is 2. The number of rotatable bonds is 8. The Morgan fingerprint density at radius 1 is 0.846 bits per heavy atom. The lowest BCUT2D eigenvalue weighted by atomic mass is 10.1. The summed E-state index contributed by atoms with van der Waals surface area (Å²) in [6.07, 6.45) is 5.36. The lowest BCUT2D eigenvalue weighted by Gasteiger charge is -1.98. The summed E-state index contributed by atoms with van der Waals surface area (Å²) < 4.78 is 0. The number of carbonyl (C=O) groups excluding carboxylic acids is 2. The van der Waals surface area contributed by atoms with Gasteiger partial charge in [0.05, 0.1) is 0 Å². The summed E-state index contributed by atoms with van der Waals surface area (Å²) in [5, 5.41) is 0. The monoisotopic (exact) mass is 184 g/mol. The maximum atomic E-state index is 11.2. The summed E-state index contributed by atoms with van der Waals surface area (Å²) in [6.45, 7) is 3.95. The Morgan fingerprint density at radius 3 is 2.00 bits per heavy atom. The molecule has 13 heavy (non-hydrogen) atoms. The predicted octanol–water partition coefficient (Wildman–Crippen LogP) is 2.90. The van der Waals surface area contributed by atoms with Gasteiger partial charge in [-0.25, -0.2) is 0 Å². The first-order chi connectivity index (χ1) is 6.20. The topological polar surface area (TPSA) is 34.1 Å². The van der Waals surface area contributed by atoms with Crippen molar-refractivity contribution in [2.75, 3.05) is 0 Å². The zero-order valence-corrected chi connectivity index (χ0v) is 8.77. The molecular weight excluding hydrogens is 164 g/mol. The van der Waals surface area contributed by atoms with Gasteiger partial charge < -0.3 is 0 Å². The number of ketones is 2. The van der Waals surface area contributed by atoms with E-state index in [0.29, 0.717) is 25.7 Å². The first kappa shape index (κ1) is 12.3. The molecule has 0 N–H and O–H groups in total. The Kier molecular flexibility index (Phi) is 7.56. The molecule has 0 aliphatic rings. The van der Waals surface area contributed by atoms with E-state index in [4.69, 9.17) is 0 Å². The second-order valence-electron chi connectivity index (χ2n) is 3.39. The molecule has 0 aromatic heterocycles. The molecule has 0 unspecified atom stereocenters. The van der Waals surface area contributed by atoms with Crippen molar-refractivity contribution in [3.05, 3.63) is 0 Å². The SMILES string of the molecule is CCCCCC(=O)CCC(=O)CC. The Balaban J connectivity index is 3.35. The molecule has 0 rings (SSSR count). The highest BCUT2D eigenvalue weighted by Crippen LogP contribution is 2.04. The molecule has 0 saturated carbocycles. The highest BCUT2D eigenvalue weighted by Gasteiger charge is 2.04. The molecule has 0 radical (unpaired) electrons. The molecule has 0 aliphatic carbocycles. The summed E-state index contributed by atoms with van der Waals surface area (Å²) in [5.74, 6) is 0.444. The molecule has 76 valence electrons. The maximum absolute atomic E-state index is 11.2. The Bertz CT molecular complexity index is 161.